The molecule has 0 saturated heterocycles. The minimum Gasteiger partial charge on any atom is -0.395 e. The van der Waals surface area contributed by atoms with E-state index in [0.29, 0.717) is 12.6 Å². The lowest BCUT2D eigenvalue weighted by Gasteiger charge is -2.36. The topological polar surface area (TPSA) is 43.7 Å². The van der Waals surface area contributed by atoms with Crippen molar-refractivity contribution in [2.24, 2.45) is 0 Å². The van der Waals surface area contributed by atoms with Crippen LogP contribution in [0.2, 0.25) is 0 Å². The molecule has 0 heterocycles. The number of hydrogen-bond donors (Lipinski definition) is 2. The number of nitrogens with zero attached hydrogens (tertiary/aromatic N) is 1. The molecular weight excluding hydrogens is 306 g/mol. The first-order chi connectivity index (χ1) is 9.26. The van der Waals surface area contributed by atoms with Gasteiger partial charge >= 0.3 is 0 Å². The number of rotatable bonds is 5. The van der Waals surface area contributed by atoms with E-state index in [-0.39, 0.29) is 13.2 Å². The maximum absolute atomic E-state index is 9.32. The van der Waals surface area contributed by atoms with Crippen molar-refractivity contribution in [1.29, 1.82) is 0 Å². The van der Waals surface area contributed by atoms with Crippen LogP contribution in [0.4, 0.5) is 5.69 Å². The van der Waals surface area contributed by atoms with Gasteiger partial charge in [-0.15, -0.1) is 0 Å². The van der Waals surface area contributed by atoms with Crippen LogP contribution in [0.25, 0.3) is 0 Å². The molecule has 1 saturated carbocycles. The van der Waals surface area contributed by atoms with Crippen LogP contribution in [0.5, 0.6) is 0 Å². The Bertz CT molecular complexity index is 405. The zero-order valence-corrected chi connectivity index (χ0v) is 12.8. The van der Waals surface area contributed by atoms with Crippen molar-refractivity contribution in [3.63, 3.8) is 0 Å². The van der Waals surface area contributed by atoms with Crippen molar-refractivity contribution in [3.05, 3.63) is 28.2 Å². The predicted molar refractivity (Wildman–Crippen MR) is 81.4 cm³/mol. The Kier molecular flexibility index (Phi) is 5.67. The molecule has 0 aromatic heterocycles. The Morgan fingerprint density at radius 3 is 2.47 bits per heavy atom. The van der Waals surface area contributed by atoms with E-state index in [1.54, 1.807) is 0 Å². The van der Waals surface area contributed by atoms with Crippen LogP contribution in [-0.2, 0) is 6.61 Å². The van der Waals surface area contributed by atoms with Crippen LogP contribution < -0.4 is 4.90 Å². The van der Waals surface area contributed by atoms with Crippen molar-refractivity contribution < 1.29 is 10.2 Å². The standard InChI is InChI=1S/C15H22BrNO2/c16-14-10-12(11-19)6-7-15(14)17(8-9-18)13-4-2-1-3-5-13/h6-7,10,13,18-19H,1-5,8-9,11H2. The average molecular weight is 328 g/mol. The lowest BCUT2D eigenvalue weighted by atomic mass is 9.93. The van der Waals surface area contributed by atoms with Crippen LogP contribution in [-0.4, -0.2) is 29.4 Å². The van der Waals surface area contributed by atoms with Crippen molar-refractivity contribution in [1.82, 2.24) is 0 Å². The Hall–Kier alpha value is -0.580. The van der Waals surface area contributed by atoms with Gasteiger partial charge in [0, 0.05) is 17.1 Å². The molecule has 1 aromatic carbocycles. The molecule has 2 rings (SSSR count). The van der Waals surface area contributed by atoms with E-state index in [0.717, 1.165) is 15.7 Å². The Balaban J connectivity index is 2.22. The molecule has 2 N–H and O–H groups in total. The van der Waals surface area contributed by atoms with Crippen LogP contribution >= 0.6 is 15.9 Å². The first kappa shape index (κ1) is 14.8. The zero-order valence-electron chi connectivity index (χ0n) is 11.2. The fourth-order valence-electron chi connectivity index (χ4n) is 2.88. The Labute approximate surface area is 123 Å². The number of anilines is 1. The number of benzene rings is 1. The van der Waals surface area contributed by atoms with Crippen LogP contribution in [0.3, 0.4) is 0 Å². The molecule has 0 aliphatic heterocycles. The largest absolute Gasteiger partial charge is 0.395 e. The van der Waals surface area contributed by atoms with E-state index < -0.39 is 0 Å². The normalized spacial score (nSPS) is 16.6. The third kappa shape index (κ3) is 3.71. The van der Waals surface area contributed by atoms with Crippen molar-refractivity contribution >= 4 is 21.6 Å². The van der Waals surface area contributed by atoms with E-state index in [1.807, 2.05) is 18.2 Å². The molecule has 0 bridgehead atoms. The highest BCUT2D eigenvalue weighted by molar-refractivity contribution is 9.10. The molecule has 106 valence electrons. The van der Waals surface area contributed by atoms with Gasteiger partial charge in [-0.25, -0.2) is 0 Å². The van der Waals surface area contributed by atoms with Gasteiger partial charge in [0.1, 0.15) is 0 Å². The molecule has 0 unspecified atom stereocenters. The molecule has 1 aliphatic rings. The lowest BCUT2D eigenvalue weighted by molar-refractivity contribution is 0.281. The number of aliphatic hydroxyl groups excluding tert-OH is 2. The molecule has 19 heavy (non-hydrogen) atoms. The van der Waals surface area contributed by atoms with Crippen LogP contribution in [0, 0.1) is 0 Å². The lowest BCUT2D eigenvalue weighted by Crippen LogP contribution is -2.39. The quantitative estimate of drug-likeness (QED) is 0.873. The fraction of sp³-hybridized carbons (Fsp3) is 0.600. The summed E-state index contributed by atoms with van der Waals surface area (Å²) in [7, 11) is 0. The second-order valence-electron chi connectivity index (χ2n) is 5.15. The second-order valence-corrected chi connectivity index (χ2v) is 6.01. The van der Waals surface area contributed by atoms with Crippen molar-refractivity contribution in [3.8, 4) is 0 Å². The van der Waals surface area contributed by atoms with E-state index in [9.17, 15) is 5.11 Å². The van der Waals surface area contributed by atoms with Gasteiger partial charge in [-0.05, 0) is 46.5 Å². The minimum atomic E-state index is 0.0578. The van der Waals surface area contributed by atoms with E-state index >= 15 is 0 Å². The Morgan fingerprint density at radius 2 is 1.89 bits per heavy atom. The van der Waals surface area contributed by atoms with Gasteiger partial charge in [0.15, 0.2) is 0 Å². The predicted octanol–water partition coefficient (Wildman–Crippen LogP) is 3.07. The van der Waals surface area contributed by atoms with Gasteiger partial charge in [-0.1, -0.05) is 25.3 Å². The molecule has 0 amide bonds. The molecule has 0 atom stereocenters. The molecule has 1 aromatic rings. The maximum atomic E-state index is 9.32. The summed E-state index contributed by atoms with van der Waals surface area (Å²) in [6, 6.07) is 6.48. The smallest absolute Gasteiger partial charge is 0.0682 e. The fourth-order valence-corrected chi connectivity index (χ4v) is 3.54. The van der Waals surface area contributed by atoms with E-state index in [2.05, 4.69) is 20.8 Å². The minimum absolute atomic E-state index is 0.0578. The highest BCUT2D eigenvalue weighted by Gasteiger charge is 2.22. The van der Waals surface area contributed by atoms with Gasteiger partial charge in [-0.3, -0.25) is 0 Å². The Morgan fingerprint density at radius 1 is 1.16 bits per heavy atom. The molecule has 4 heteroatoms. The van der Waals surface area contributed by atoms with Gasteiger partial charge in [0.2, 0.25) is 0 Å². The summed E-state index contributed by atoms with van der Waals surface area (Å²) in [5.74, 6) is 0. The highest BCUT2D eigenvalue weighted by Crippen LogP contribution is 2.33. The molecule has 0 radical (unpaired) electrons. The van der Waals surface area contributed by atoms with Gasteiger partial charge in [-0.2, -0.15) is 0 Å². The van der Waals surface area contributed by atoms with Crippen LogP contribution in [0.1, 0.15) is 37.7 Å². The maximum Gasteiger partial charge on any atom is 0.0682 e. The molecule has 1 aliphatic carbocycles. The molecule has 3 nitrogen and oxygen atoms in total. The monoisotopic (exact) mass is 327 g/mol. The highest BCUT2D eigenvalue weighted by atomic mass is 79.9. The summed E-state index contributed by atoms with van der Waals surface area (Å²) in [6.45, 7) is 0.898. The number of aliphatic hydroxyl groups is 2. The average Bonchev–Trinajstić information content (AvgIpc) is 2.46. The summed E-state index contributed by atoms with van der Waals surface area (Å²) in [4.78, 5) is 2.31. The third-order valence-corrected chi connectivity index (χ3v) is 4.50. The van der Waals surface area contributed by atoms with Gasteiger partial charge in [0.25, 0.3) is 0 Å². The summed E-state index contributed by atoms with van der Waals surface area (Å²) in [5.41, 5.74) is 2.03. The summed E-state index contributed by atoms with van der Waals surface area (Å²) in [6.07, 6.45) is 6.29. The molecule has 0 spiro atoms. The van der Waals surface area contributed by atoms with Gasteiger partial charge in [0.05, 0.1) is 18.9 Å². The summed E-state index contributed by atoms with van der Waals surface area (Å²) in [5, 5.41) is 18.5. The van der Waals surface area contributed by atoms with Crippen molar-refractivity contribution in [2.75, 3.05) is 18.1 Å². The van der Waals surface area contributed by atoms with E-state index in [1.165, 1.54) is 32.1 Å². The number of hydrogen-bond acceptors (Lipinski definition) is 3. The molecular formula is C15H22BrNO2. The van der Waals surface area contributed by atoms with E-state index in [4.69, 9.17) is 5.11 Å². The number of halogens is 1. The zero-order chi connectivity index (χ0) is 13.7. The van der Waals surface area contributed by atoms with Gasteiger partial charge < -0.3 is 15.1 Å². The SMILES string of the molecule is OCCN(c1ccc(CO)cc1Br)C1CCCCC1. The summed E-state index contributed by atoms with van der Waals surface area (Å²) >= 11 is 3.59. The molecule has 1 fully saturated rings. The second kappa shape index (κ2) is 7.27. The summed E-state index contributed by atoms with van der Waals surface area (Å²) < 4.78 is 0.998. The van der Waals surface area contributed by atoms with Crippen LogP contribution in [0.15, 0.2) is 22.7 Å². The first-order valence-electron chi connectivity index (χ1n) is 7.03. The third-order valence-electron chi connectivity index (χ3n) is 3.86. The first-order valence-corrected chi connectivity index (χ1v) is 7.82. The van der Waals surface area contributed by atoms with Crippen molar-refractivity contribution in [2.45, 2.75) is 44.8 Å².